The maximum atomic E-state index is 12.4. The molecule has 1 saturated carbocycles. The van der Waals surface area contributed by atoms with E-state index in [0.29, 0.717) is 34.7 Å². The molecule has 0 spiro atoms. The van der Waals surface area contributed by atoms with Crippen molar-refractivity contribution in [3.63, 3.8) is 0 Å². The number of nitrogens with zero attached hydrogens (tertiary/aromatic N) is 5. The van der Waals surface area contributed by atoms with Crippen molar-refractivity contribution in [2.45, 2.75) is 58.0 Å². The number of anilines is 3. The van der Waals surface area contributed by atoms with Gasteiger partial charge in [0.05, 0.1) is 30.7 Å². The maximum absolute atomic E-state index is 12.4. The van der Waals surface area contributed by atoms with Crippen LogP contribution in [0, 0.1) is 0 Å². The fourth-order valence-corrected chi connectivity index (χ4v) is 5.41. The zero-order valence-electron chi connectivity index (χ0n) is 21.0. The summed E-state index contributed by atoms with van der Waals surface area (Å²) in [6.45, 7) is 3.70. The first kappa shape index (κ1) is 23.8. The molecule has 1 fully saturated rings. The van der Waals surface area contributed by atoms with Crippen LogP contribution in [0.2, 0.25) is 0 Å². The van der Waals surface area contributed by atoms with E-state index in [1.165, 1.54) is 12.8 Å². The van der Waals surface area contributed by atoms with Crippen LogP contribution in [-0.4, -0.2) is 51.4 Å². The molecule has 0 radical (unpaired) electrons. The van der Waals surface area contributed by atoms with Gasteiger partial charge in [-0.2, -0.15) is 4.98 Å². The normalized spacial score (nSPS) is 16.9. The van der Waals surface area contributed by atoms with E-state index in [1.54, 1.807) is 51.8 Å². The van der Waals surface area contributed by atoms with Crippen LogP contribution in [0.1, 0.15) is 78.5 Å². The van der Waals surface area contributed by atoms with Gasteiger partial charge in [0, 0.05) is 25.6 Å². The van der Waals surface area contributed by atoms with Crippen LogP contribution in [0.5, 0.6) is 5.75 Å². The Morgan fingerprint density at radius 1 is 1.19 bits per heavy atom. The van der Waals surface area contributed by atoms with Gasteiger partial charge in [0.15, 0.2) is 11.6 Å². The first-order valence-electron chi connectivity index (χ1n) is 12.4. The van der Waals surface area contributed by atoms with Gasteiger partial charge in [0.25, 0.3) is 5.91 Å². The number of aromatic nitrogens is 4. The second-order valence-electron chi connectivity index (χ2n) is 9.20. The number of carbonyl (C=O) groups is 2. The third-order valence-corrected chi connectivity index (χ3v) is 7.09. The SMILES string of the molecule is CC[C@@H]1c2c(C(C)=O)ncn2-c2cnc(Nc3ccc(C(=O)NC)cc3OC)nc2N1C1CCCC1. The number of hydrogen-bond donors (Lipinski definition) is 2. The number of rotatable bonds is 7. The molecule has 1 aliphatic carbocycles. The minimum atomic E-state index is -0.191. The predicted octanol–water partition coefficient (Wildman–Crippen LogP) is 4.19. The molecule has 0 unspecified atom stereocenters. The molecule has 2 aromatic heterocycles. The van der Waals surface area contributed by atoms with Gasteiger partial charge in [-0.05, 0) is 37.5 Å². The minimum Gasteiger partial charge on any atom is -0.495 e. The van der Waals surface area contributed by atoms with Crippen molar-refractivity contribution < 1.29 is 14.3 Å². The summed E-state index contributed by atoms with van der Waals surface area (Å²) in [4.78, 5) is 40.8. The summed E-state index contributed by atoms with van der Waals surface area (Å²) in [7, 11) is 3.15. The molecule has 5 rings (SSSR count). The molecule has 1 amide bonds. The number of benzene rings is 1. The fraction of sp³-hybridized carbons (Fsp3) is 0.423. The number of ether oxygens (including phenoxy) is 1. The van der Waals surface area contributed by atoms with Gasteiger partial charge in [-0.25, -0.2) is 9.97 Å². The highest BCUT2D eigenvalue weighted by Crippen LogP contribution is 2.44. The van der Waals surface area contributed by atoms with Gasteiger partial charge in [0.1, 0.15) is 23.5 Å². The number of imidazole rings is 1. The Morgan fingerprint density at radius 2 is 1.97 bits per heavy atom. The van der Waals surface area contributed by atoms with E-state index < -0.39 is 0 Å². The first-order valence-corrected chi connectivity index (χ1v) is 12.4. The molecule has 10 heteroatoms. The molecule has 10 nitrogen and oxygen atoms in total. The number of hydrogen-bond acceptors (Lipinski definition) is 8. The molecule has 2 aliphatic rings. The van der Waals surface area contributed by atoms with Gasteiger partial charge in [0.2, 0.25) is 5.95 Å². The molecule has 0 bridgehead atoms. The predicted molar refractivity (Wildman–Crippen MR) is 137 cm³/mol. The Balaban J connectivity index is 1.58. The zero-order valence-corrected chi connectivity index (χ0v) is 21.0. The molecule has 2 N–H and O–H groups in total. The van der Waals surface area contributed by atoms with Crippen molar-refractivity contribution in [3.8, 4) is 11.4 Å². The average Bonchev–Trinajstić information content (AvgIpc) is 3.58. The third-order valence-electron chi connectivity index (χ3n) is 7.09. The molecule has 36 heavy (non-hydrogen) atoms. The number of Topliss-reactive ketones (excluding diaryl/α,β-unsaturated/α-hetero) is 1. The number of methoxy groups -OCH3 is 1. The Morgan fingerprint density at radius 3 is 2.64 bits per heavy atom. The summed E-state index contributed by atoms with van der Waals surface area (Å²) in [6.07, 6.45) is 8.83. The third kappa shape index (κ3) is 3.96. The number of fused-ring (bicyclic) bond motifs is 3. The van der Waals surface area contributed by atoms with Crippen molar-refractivity contribution in [3.05, 3.63) is 47.7 Å². The van der Waals surface area contributed by atoms with Gasteiger partial charge < -0.3 is 20.3 Å². The Labute approximate surface area is 210 Å². The highest BCUT2D eigenvalue weighted by Gasteiger charge is 2.39. The molecule has 3 aromatic rings. The summed E-state index contributed by atoms with van der Waals surface area (Å²) in [6, 6.07) is 5.51. The lowest BCUT2D eigenvalue weighted by Crippen LogP contribution is -2.42. The molecule has 188 valence electrons. The van der Waals surface area contributed by atoms with E-state index in [2.05, 4.69) is 32.4 Å². The van der Waals surface area contributed by atoms with Crippen molar-refractivity contribution in [1.82, 2.24) is 24.8 Å². The molecule has 1 aliphatic heterocycles. The number of amides is 1. The number of ketones is 1. The standard InChI is InChI=1S/C26H31N7O3/c1-5-19-23-22(15(2)34)29-14-32(23)20-13-28-26(31-24(20)33(19)17-8-6-7-9-17)30-18-11-10-16(25(35)27-3)12-21(18)36-4/h10-14,17,19H,5-9H2,1-4H3,(H,27,35)(H,28,30,31)/t19-/m1/s1. The fourth-order valence-electron chi connectivity index (χ4n) is 5.41. The minimum absolute atomic E-state index is 0.00822. The lowest BCUT2D eigenvalue weighted by molar-refractivity contribution is 0.0961. The van der Waals surface area contributed by atoms with E-state index in [1.807, 2.05) is 4.57 Å². The van der Waals surface area contributed by atoms with E-state index in [4.69, 9.17) is 9.72 Å². The average molecular weight is 490 g/mol. The topological polar surface area (TPSA) is 114 Å². The molecule has 1 atom stereocenters. The van der Waals surface area contributed by atoms with Gasteiger partial charge in [-0.1, -0.05) is 19.8 Å². The van der Waals surface area contributed by atoms with E-state index in [0.717, 1.165) is 36.5 Å². The second-order valence-corrected chi connectivity index (χ2v) is 9.20. The summed E-state index contributed by atoms with van der Waals surface area (Å²) in [5, 5.41) is 5.88. The number of carbonyl (C=O) groups excluding carboxylic acids is 2. The molecular formula is C26H31N7O3. The van der Waals surface area contributed by atoms with Crippen LogP contribution in [0.15, 0.2) is 30.7 Å². The Kier molecular flexibility index (Phi) is 6.34. The van der Waals surface area contributed by atoms with E-state index in [-0.39, 0.29) is 17.7 Å². The highest BCUT2D eigenvalue weighted by atomic mass is 16.5. The monoisotopic (exact) mass is 489 g/mol. The summed E-state index contributed by atoms with van der Waals surface area (Å²) in [5.41, 5.74) is 3.40. The van der Waals surface area contributed by atoms with Crippen molar-refractivity contribution in [2.24, 2.45) is 0 Å². The zero-order chi connectivity index (χ0) is 25.4. The summed E-state index contributed by atoms with van der Waals surface area (Å²) >= 11 is 0. The van der Waals surface area contributed by atoms with Gasteiger partial charge in [-0.3, -0.25) is 14.2 Å². The lowest BCUT2D eigenvalue weighted by Gasteiger charge is -2.42. The second kappa shape index (κ2) is 9.60. The highest BCUT2D eigenvalue weighted by molar-refractivity contribution is 5.95. The van der Waals surface area contributed by atoms with Crippen LogP contribution >= 0.6 is 0 Å². The van der Waals surface area contributed by atoms with Crippen LogP contribution in [0.3, 0.4) is 0 Å². The number of nitrogens with one attached hydrogen (secondary N) is 2. The summed E-state index contributed by atoms with van der Waals surface area (Å²) < 4.78 is 7.49. The van der Waals surface area contributed by atoms with E-state index in [9.17, 15) is 9.59 Å². The van der Waals surface area contributed by atoms with Crippen molar-refractivity contribution >= 4 is 29.1 Å². The molecular weight excluding hydrogens is 458 g/mol. The quantitative estimate of drug-likeness (QED) is 0.475. The Bertz CT molecular complexity index is 1310. The van der Waals surface area contributed by atoms with Crippen molar-refractivity contribution in [1.29, 1.82) is 0 Å². The Hall–Kier alpha value is -3.95. The smallest absolute Gasteiger partial charge is 0.251 e. The van der Waals surface area contributed by atoms with Gasteiger partial charge in [-0.15, -0.1) is 0 Å². The van der Waals surface area contributed by atoms with E-state index >= 15 is 0 Å². The summed E-state index contributed by atoms with van der Waals surface area (Å²) in [5.74, 6) is 1.53. The van der Waals surface area contributed by atoms with Crippen LogP contribution < -0.4 is 20.3 Å². The molecule has 0 saturated heterocycles. The molecule has 1 aromatic carbocycles. The van der Waals surface area contributed by atoms with Gasteiger partial charge >= 0.3 is 0 Å². The van der Waals surface area contributed by atoms with Crippen LogP contribution in [-0.2, 0) is 0 Å². The maximum Gasteiger partial charge on any atom is 0.251 e. The first-order chi connectivity index (χ1) is 17.5. The van der Waals surface area contributed by atoms with Crippen LogP contribution in [0.4, 0.5) is 17.5 Å². The largest absolute Gasteiger partial charge is 0.495 e. The molecule has 3 heterocycles. The van der Waals surface area contributed by atoms with Crippen molar-refractivity contribution in [2.75, 3.05) is 24.4 Å². The van der Waals surface area contributed by atoms with Crippen LogP contribution in [0.25, 0.3) is 5.69 Å². The lowest BCUT2D eigenvalue weighted by atomic mass is 9.99.